The van der Waals surface area contributed by atoms with Gasteiger partial charge in [-0.05, 0) is 42.0 Å². The van der Waals surface area contributed by atoms with Gasteiger partial charge in [0.05, 0.1) is 16.8 Å². The number of halogens is 3. The molecule has 2 amide bonds. The van der Waals surface area contributed by atoms with Gasteiger partial charge in [-0.1, -0.05) is 30.3 Å². The minimum absolute atomic E-state index is 0.186. The average Bonchev–Trinajstić information content (AvgIpc) is 3.34. The number of aromatic nitrogens is 2. The number of ether oxygens (including phenoxy) is 1. The number of amides is 2. The third-order valence-electron chi connectivity index (χ3n) is 6.37. The van der Waals surface area contributed by atoms with Gasteiger partial charge in [0.15, 0.2) is 0 Å². The van der Waals surface area contributed by atoms with E-state index < -0.39 is 30.0 Å². The number of alkyl halides is 3. The highest BCUT2D eigenvalue weighted by atomic mass is 19.4. The van der Waals surface area contributed by atoms with Crippen LogP contribution >= 0.6 is 0 Å². The van der Waals surface area contributed by atoms with Crippen molar-refractivity contribution in [3.05, 3.63) is 89.6 Å². The summed E-state index contributed by atoms with van der Waals surface area (Å²) in [6.07, 6.45) is -3.27. The first-order valence-corrected chi connectivity index (χ1v) is 11.7. The van der Waals surface area contributed by atoms with Crippen molar-refractivity contribution in [3.8, 4) is 5.69 Å². The third kappa shape index (κ3) is 4.96. The molecule has 0 aliphatic carbocycles. The summed E-state index contributed by atoms with van der Waals surface area (Å²) in [4.78, 5) is 36.5. The Morgan fingerprint density at radius 3 is 2.46 bits per heavy atom. The van der Waals surface area contributed by atoms with Crippen molar-refractivity contribution < 1.29 is 36.9 Å². The number of likely N-dealkylation sites (N-methyl/N-ethyl adjacent to an activating group) is 1. The third-order valence-corrected chi connectivity index (χ3v) is 6.37. The predicted octanol–water partition coefficient (Wildman–Crippen LogP) is 3.18. The van der Waals surface area contributed by atoms with Gasteiger partial charge in [-0.2, -0.15) is 22.8 Å². The molecule has 198 valence electrons. The largest absolute Gasteiger partial charge is 0.491 e. The maximum atomic E-state index is 13.2. The van der Waals surface area contributed by atoms with Crippen molar-refractivity contribution in [1.82, 2.24) is 9.78 Å². The molecule has 3 N–H and O–H groups in total. The van der Waals surface area contributed by atoms with Crippen LogP contribution in [-0.2, 0) is 20.7 Å². The molecule has 0 spiro atoms. The molecule has 1 aliphatic rings. The van der Waals surface area contributed by atoms with Crippen LogP contribution < -0.4 is 11.1 Å². The van der Waals surface area contributed by atoms with E-state index in [0.717, 1.165) is 5.39 Å². The number of nitrogens with two attached hydrogens (primary N) is 1. The summed E-state index contributed by atoms with van der Waals surface area (Å²) in [5.74, 6) is -3.81. The maximum Gasteiger partial charge on any atom is 0.491 e. The molecule has 0 saturated heterocycles. The van der Waals surface area contributed by atoms with Crippen molar-refractivity contribution in [2.24, 2.45) is 5.73 Å². The van der Waals surface area contributed by atoms with Crippen molar-refractivity contribution >= 4 is 40.3 Å². The Labute approximate surface area is 219 Å². The van der Waals surface area contributed by atoms with E-state index in [4.69, 9.17) is 10.5 Å². The second kappa shape index (κ2) is 9.71. The zero-order valence-corrected chi connectivity index (χ0v) is 20.4. The molecule has 9 nitrogen and oxygen atoms in total. The molecule has 1 aliphatic heterocycles. The lowest BCUT2D eigenvalue weighted by Crippen LogP contribution is -2.46. The first-order chi connectivity index (χ1) is 18.5. The van der Waals surface area contributed by atoms with Crippen molar-refractivity contribution in [3.63, 3.8) is 0 Å². The first-order valence-electron chi connectivity index (χ1n) is 11.7. The number of anilines is 1. The summed E-state index contributed by atoms with van der Waals surface area (Å²) in [5.41, 5.74) is 8.14. The van der Waals surface area contributed by atoms with E-state index in [-0.39, 0.29) is 12.3 Å². The van der Waals surface area contributed by atoms with E-state index in [9.17, 15) is 27.6 Å². The van der Waals surface area contributed by atoms with Gasteiger partial charge in [-0.15, -0.1) is 0 Å². The van der Waals surface area contributed by atoms with Gasteiger partial charge < -0.3 is 15.8 Å². The van der Waals surface area contributed by atoms with Gasteiger partial charge in [0.2, 0.25) is 6.04 Å². The molecule has 2 heterocycles. The Balaban J connectivity index is 1.38. The molecule has 5 rings (SSSR count). The van der Waals surface area contributed by atoms with E-state index in [1.807, 2.05) is 0 Å². The van der Waals surface area contributed by atoms with Crippen LogP contribution in [0.5, 0.6) is 0 Å². The number of nitrogens with one attached hydrogen (secondary N) is 1. The lowest BCUT2D eigenvalue weighted by Gasteiger charge is -2.22. The normalized spacial score (nSPS) is 15.1. The van der Waals surface area contributed by atoms with Crippen LogP contribution in [0, 0.1) is 0 Å². The monoisotopic (exact) mass is 536 g/mol. The lowest BCUT2D eigenvalue weighted by atomic mass is 9.95. The van der Waals surface area contributed by atoms with Crippen molar-refractivity contribution in [2.75, 3.05) is 12.4 Å². The van der Waals surface area contributed by atoms with Crippen LogP contribution in [0.1, 0.15) is 21.5 Å². The number of hydrogen-bond donors (Lipinski definition) is 2. The Kier molecular flexibility index (Phi) is 6.38. The first kappa shape index (κ1) is 25.6. The summed E-state index contributed by atoms with van der Waals surface area (Å²) in [6, 6.07) is 17.3. The van der Waals surface area contributed by atoms with Gasteiger partial charge >= 0.3 is 18.0 Å². The second-order valence-corrected chi connectivity index (χ2v) is 8.90. The molecule has 39 heavy (non-hydrogen) atoms. The van der Waals surface area contributed by atoms with E-state index in [2.05, 4.69) is 10.4 Å². The van der Waals surface area contributed by atoms with E-state index in [1.54, 1.807) is 71.5 Å². The molecular weight excluding hydrogens is 515 g/mol. The highest BCUT2D eigenvalue weighted by Crippen LogP contribution is 2.25. The van der Waals surface area contributed by atoms with Gasteiger partial charge in [-0.25, -0.2) is 9.48 Å². The number of fused-ring (bicyclic) bond motifs is 2. The predicted molar refractivity (Wildman–Crippen MR) is 135 cm³/mol. The topological polar surface area (TPSA) is 119 Å². The molecule has 1 atom stereocenters. The number of esters is 1. The Bertz CT molecular complexity index is 1660. The van der Waals surface area contributed by atoms with Crippen LogP contribution in [0.4, 0.5) is 18.9 Å². The summed E-state index contributed by atoms with van der Waals surface area (Å²) >= 11 is 0. The minimum atomic E-state index is -5.19. The van der Waals surface area contributed by atoms with Gasteiger partial charge in [0.1, 0.15) is 12.6 Å². The standard InChI is InChI=1S/C27H20F3N5O4/c1-34-21(13-15-5-2-3-7-19(15)25(34)39-26(38)27(28,29)30)24(37)32-17-9-11-18(12-10-17)35-14-16-6-4-8-20(23(31)36)22(16)33-35/h2-12,14,21H,13H2,1H3,(H2-,31,32,36,37)/p+1. The molecular formula is C27H21F3N5O4+. The van der Waals surface area contributed by atoms with Crippen molar-refractivity contribution in [1.29, 1.82) is 0 Å². The molecule has 3 aromatic carbocycles. The molecule has 4 aromatic rings. The molecule has 0 bridgehead atoms. The number of nitrogens with zero attached hydrogens (tertiary/aromatic N) is 3. The van der Waals surface area contributed by atoms with Gasteiger partial charge in [0, 0.05) is 23.7 Å². The summed E-state index contributed by atoms with van der Waals surface area (Å²) in [7, 11) is 1.39. The minimum Gasteiger partial charge on any atom is -0.366 e. The van der Waals surface area contributed by atoms with E-state index in [0.29, 0.717) is 33.6 Å². The Hall–Kier alpha value is -5.00. The zero-order valence-electron chi connectivity index (χ0n) is 20.4. The fourth-order valence-electron chi connectivity index (χ4n) is 4.42. The lowest BCUT2D eigenvalue weighted by molar-refractivity contribution is -0.531. The number of carbonyl (C=O) groups excluding carboxylic acids is 3. The molecule has 1 aromatic heterocycles. The Morgan fingerprint density at radius 2 is 1.77 bits per heavy atom. The van der Waals surface area contributed by atoms with E-state index in [1.165, 1.54) is 17.7 Å². The quantitative estimate of drug-likeness (QED) is 0.307. The number of benzene rings is 3. The van der Waals surface area contributed by atoms with Gasteiger partial charge in [-0.3, -0.25) is 9.59 Å². The van der Waals surface area contributed by atoms with Crippen LogP contribution in [0.2, 0.25) is 0 Å². The zero-order chi connectivity index (χ0) is 27.9. The van der Waals surface area contributed by atoms with Gasteiger partial charge in [0.25, 0.3) is 11.8 Å². The highest BCUT2D eigenvalue weighted by Gasteiger charge is 2.46. The molecule has 1 unspecified atom stereocenters. The van der Waals surface area contributed by atoms with Crippen LogP contribution in [0.25, 0.3) is 16.6 Å². The summed E-state index contributed by atoms with van der Waals surface area (Å²) < 4.78 is 46.2. The summed E-state index contributed by atoms with van der Waals surface area (Å²) in [6.45, 7) is 0. The van der Waals surface area contributed by atoms with E-state index >= 15 is 0 Å². The fourth-order valence-corrected chi connectivity index (χ4v) is 4.42. The number of carbonyl (C=O) groups is 3. The second-order valence-electron chi connectivity index (χ2n) is 8.90. The molecule has 0 radical (unpaired) electrons. The van der Waals surface area contributed by atoms with Crippen LogP contribution in [-0.4, -0.2) is 57.3 Å². The molecule has 12 heteroatoms. The fraction of sp³-hybridized carbons (Fsp3) is 0.148. The number of primary amides is 1. The maximum absolute atomic E-state index is 13.2. The Morgan fingerprint density at radius 1 is 1.05 bits per heavy atom. The SMILES string of the molecule is C[N+]1=C(OC(=O)C(F)(F)F)c2ccccc2CC1C(=O)Nc1ccc(-n2cc3cccc(C(N)=O)c3n2)cc1. The van der Waals surface area contributed by atoms with Crippen LogP contribution in [0.15, 0.2) is 72.9 Å². The van der Waals surface area contributed by atoms with Crippen LogP contribution in [0.3, 0.4) is 0 Å². The highest BCUT2D eigenvalue weighted by molar-refractivity contribution is 6.05. The summed E-state index contributed by atoms with van der Waals surface area (Å²) in [5, 5.41) is 7.93. The number of rotatable bonds is 4. The molecule has 0 saturated carbocycles. The smallest absolute Gasteiger partial charge is 0.366 e. The molecule has 0 fully saturated rings. The average molecular weight is 536 g/mol. The van der Waals surface area contributed by atoms with Crippen molar-refractivity contribution in [2.45, 2.75) is 18.6 Å². The number of hydrogen-bond acceptors (Lipinski definition) is 5.